The molecule has 0 bridgehead atoms. The summed E-state index contributed by atoms with van der Waals surface area (Å²) >= 11 is 0.524. The monoisotopic (exact) mass is 496 g/mol. The number of benzene rings is 1. The van der Waals surface area contributed by atoms with Crippen LogP contribution in [0.25, 0.3) is 10.4 Å². The number of aryl methyl sites for hydroxylation is 1. The predicted octanol–water partition coefficient (Wildman–Crippen LogP) is 4.98. The number of thiazole rings is 1. The molecule has 1 aromatic carbocycles. The van der Waals surface area contributed by atoms with Crippen LogP contribution in [-0.2, 0) is 15.1 Å². The highest BCUT2D eigenvalue weighted by Gasteiger charge is 2.64. The highest BCUT2D eigenvalue weighted by atomic mass is 32.1. The third-order valence-electron chi connectivity index (χ3n) is 5.15. The van der Waals surface area contributed by atoms with Gasteiger partial charge < -0.3 is 15.2 Å². The number of nitrogens with zero attached hydrogens (tertiary/aromatic N) is 3. The first-order valence-corrected chi connectivity index (χ1v) is 11.2. The fourth-order valence-corrected chi connectivity index (χ4v) is 4.35. The second kappa shape index (κ2) is 8.91. The SMILES string of the molecule is CCOC(=O)C(O)(c1ncc(-c2cc(C)cc(Nc3ncc(F)c(C4CC4)n3)c2)s1)C(F)(F)F. The van der Waals surface area contributed by atoms with Crippen LogP contribution in [0.2, 0.25) is 0 Å². The average molecular weight is 496 g/mol. The van der Waals surface area contributed by atoms with Gasteiger partial charge in [0, 0.05) is 17.8 Å². The van der Waals surface area contributed by atoms with Crippen LogP contribution in [0.4, 0.5) is 29.2 Å². The first-order chi connectivity index (χ1) is 16.0. The van der Waals surface area contributed by atoms with Crippen molar-refractivity contribution in [3.05, 3.63) is 52.7 Å². The summed E-state index contributed by atoms with van der Waals surface area (Å²) in [4.78, 5) is 24.2. The number of esters is 1. The van der Waals surface area contributed by atoms with Crippen molar-refractivity contribution in [2.75, 3.05) is 11.9 Å². The Morgan fingerprint density at radius 1 is 1.24 bits per heavy atom. The van der Waals surface area contributed by atoms with Crippen molar-refractivity contribution in [2.24, 2.45) is 0 Å². The van der Waals surface area contributed by atoms with Crippen molar-refractivity contribution < 1.29 is 32.2 Å². The molecule has 3 aromatic rings. The van der Waals surface area contributed by atoms with Gasteiger partial charge in [-0.25, -0.2) is 24.1 Å². The Hall–Kier alpha value is -3.12. The van der Waals surface area contributed by atoms with E-state index in [-0.39, 0.29) is 23.4 Å². The Bertz CT molecular complexity index is 1230. The number of aromatic nitrogens is 3. The van der Waals surface area contributed by atoms with Gasteiger partial charge in [-0.05, 0) is 49.9 Å². The molecule has 1 aliphatic carbocycles. The number of hydrogen-bond donors (Lipinski definition) is 2. The number of rotatable bonds is 7. The van der Waals surface area contributed by atoms with Gasteiger partial charge in [-0.2, -0.15) is 13.2 Å². The molecule has 2 heterocycles. The zero-order valence-corrected chi connectivity index (χ0v) is 18.9. The third-order valence-corrected chi connectivity index (χ3v) is 6.30. The minimum Gasteiger partial charge on any atom is -0.463 e. The Balaban J connectivity index is 1.65. The molecule has 0 amide bonds. The van der Waals surface area contributed by atoms with Crippen molar-refractivity contribution in [1.29, 1.82) is 0 Å². The molecule has 0 radical (unpaired) electrons. The lowest BCUT2D eigenvalue weighted by molar-refractivity contribution is -0.267. The minimum absolute atomic E-state index is 0.0824. The van der Waals surface area contributed by atoms with E-state index in [4.69, 9.17) is 0 Å². The summed E-state index contributed by atoms with van der Waals surface area (Å²) in [6, 6.07) is 5.10. The largest absolute Gasteiger partial charge is 0.463 e. The van der Waals surface area contributed by atoms with Gasteiger partial charge in [0.1, 0.15) is 5.01 Å². The fraction of sp³-hybridized carbons (Fsp3) is 0.364. The molecule has 4 rings (SSSR count). The summed E-state index contributed by atoms with van der Waals surface area (Å²) in [5, 5.41) is 12.4. The summed E-state index contributed by atoms with van der Waals surface area (Å²) in [6.45, 7) is 2.78. The van der Waals surface area contributed by atoms with E-state index in [9.17, 15) is 27.5 Å². The van der Waals surface area contributed by atoms with Gasteiger partial charge >= 0.3 is 17.7 Å². The van der Waals surface area contributed by atoms with Gasteiger partial charge in [-0.1, -0.05) is 6.07 Å². The predicted molar refractivity (Wildman–Crippen MR) is 116 cm³/mol. The quantitative estimate of drug-likeness (QED) is 0.352. The number of alkyl halides is 3. The lowest BCUT2D eigenvalue weighted by atomic mass is 10.1. The summed E-state index contributed by atoms with van der Waals surface area (Å²) in [5.74, 6) is -2.03. The van der Waals surface area contributed by atoms with Crippen molar-refractivity contribution in [1.82, 2.24) is 15.0 Å². The Labute approximate surface area is 195 Å². The zero-order chi connectivity index (χ0) is 24.7. The van der Waals surface area contributed by atoms with Crippen molar-refractivity contribution in [2.45, 2.75) is 44.4 Å². The van der Waals surface area contributed by atoms with Crippen LogP contribution < -0.4 is 5.32 Å². The number of halogens is 4. The molecular weight excluding hydrogens is 476 g/mol. The number of carbonyl (C=O) groups is 1. The first kappa shape index (κ1) is 24.0. The van der Waals surface area contributed by atoms with Gasteiger partial charge in [-0.15, -0.1) is 11.3 Å². The molecule has 34 heavy (non-hydrogen) atoms. The summed E-state index contributed by atoms with van der Waals surface area (Å²) < 4.78 is 59.3. The summed E-state index contributed by atoms with van der Waals surface area (Å²) in [6.07, 6.45) is -1.35. The number of hydrogen-bond acceptors (Lipinski definition) is 8. The lowest BCUT2D eigenvalue weighted by Crippen LogP contribution is -2.50. The molecule has 1 aliphatic rings. The average Bonchev–Trinajstić information content (AvgIpc) is 3.48. The summed E-state index contributed by atoms with van der Waals surface area (Å²) in [7, 11) is 0. The van der Waals surface area contributed by atoms with E-state index >= 15 is 0 Å². The van der Waals surface area contributed by atoms with E-state index < -0.39 is 28.6 Å². The first-order valence-electron chi connectivity index (χ1n) is 10.4. The standard InChI is InChI=1S/C22H20F4N4O3S/c1-3-33-19(31)21(32,22(24,25)26)18-27-10-16(34-18)13-6-11(2)7-14(8-13)29-20-28-9-15(23)17(30-20)12-4-5-12/h6-10,12,32H,3-5H2,1-2H3,(H,28,29,30). The van der Waals surface area contributed by atoms with E-state index in [1.807, 2.05) is 0 Å². The maximum Gasteiger partial charge on any atom is 0.435 e. The fourth-order valence-electron chi connectivity index (χ4n) is 3.34. The highest BCUT2D eigenvalue weighted by Crippen LogP contribution is 2.44. The molecular formula is C22H20F4N4O3S. The normalized spacial score (nSPS) is 15.6. The Morgan fingerprint density at radius 3 is 2.62 bits per heavy atom. The van der Waals surface area contributed by atoms with Crippen LogP contribution in [0.15, 0.2) is 30.6 Å². The Morgan fingerprint density at radius 2 is 1.97 bits per heavy atom. The van der Waals surface area contributed by atoms with Gasteiger partial charge in [-0.3, -0.25) is 0 Å². The molecule has 0 aliphatic heterocycles. The van der Waals surface area contributed by atoms with E-state index in [2.05, 4.69) is 25.0 Å². The molecule has 0 saturated heterocycles. The maximum atomic E-state index is 13.9. The third kappa shape index (κ3) is 4.60. The van der Waals surface area contributed by atoms with Gasteiger partial charge in [0.15, 0.2) is 5.82 Å². The smallest absolute Gasteiger partial charge is 0.435 e. The Kier molecular flexibility index (Phi) is 6.30. The minimum atomic E-state index is -5.33. The molecule has 180 valence electrons. The zero-order valence-electron chi connectivity index (χ0n) is 18.1. The van der Waals surface area contributed by atoms with E-state index in [0.717, 1.165) is 30.8 Å². The summed E-state index contributed by atoms with van der Waals surface area (Å²) in [5.41, 5.74) is -1.75. The number of ether oxygens (including phenoxy) is 1. The van der Waals surface area contributed by atoms with Crippen molar-refractivity contribution in [3.63, 3.8) is 0 Å². The second-order valence-electron chi connectivity index (χ2n) is 7.87. The highest BCUT2D eigenvalue weighted by molar-refractivity contribution is 7.15. The molecule has 0 spiro atoms. The van der Waals surface area contributed by atoms with Crippen molar-refractivity contribution >= 4 is 28.9 Å². The number of aliphatic hydroxyl groups is 1. The van der Waals surface area contributed by atoms with Crippen LogP contribution in [0.1, 0.15) is 41.9 Å². The van der Waals surface area contributed by atoms with E-state index in [1.165, 1.54) is 6.92 Å². The lowest BCUT2D eigenvalue weighted by Gasteiger charge is -2.25. The maximum absolute atomic E-state index is 13.9. The van der Waals surface area contributed by atoms with E-state index in [1.54, 1.807) is 25.1 Å². The van der Waals surface area contributed by atoms with Crippen LogP contribution in [0.5, 0.6) is 0 Å². The number of anilines is 2. The van der Waals surface area contributed by atoms with Crippen LogP contribution in [-0.4, -0.2) is 38.8 Å². The van der Waals surface area contributed by atoms with Gasteiger partial charge in [0.2, 0.25) is 5.95 Å². The molecule has 1 saturated carbocycles. The van der Waals surface area contributed by atoms with E-state index in [0.29, 0.717) is 28.3 Å². The molecule has 2 N–H and O–H groups in total. The van der Waals surface area contributed by atoms with Crippen molar-refractivity contribution in [3.8, 4) is 10.4 Å². The number of nitrogens with one attached hydrogen (secondary N) is 1. The van der Waals surface area contributed by atoms with Crippen LogP contribution >= 0.6 is 11.3 Å². The molecule has 1 atom stereocenters. The van der Waals surface area contributed by atoms with Gasteiger partial charge in [0.05, 0.1) is 23.4 Å². The molecule has 7 nitrogen and oxygen atoms in total. The number of carbonyl (C=O) groups excluding carboxylic acids is 1. The van der Waals surface area contributed by atoms with Crippen LogP contribution in [0.3, 0.4) is 0 Å². The topological polar surface area (TPSA) is 97.2 Å². The van der Waals surface area contributed by atoms with Crippen LogP contribution in [0, 0.1) is 12.7 Å². The molecule has 2 aromatic heterocycles. The van der Waals surface area contributed by atoms with Gasteiger partial charge in [0.25, 0.3) is 0 Å². The molecule has 1 fully saturated rings. The second-order valence-corrected chi connectivity index (χ2v) is 8.90. The molecule has 12 heteroatoms. The molecule has 1 unspecified atom stereocenters.